The van der Waals surface area contributed by atoms with E-state index in [0.717, 1.165) is 25.1 Å². The van der Waals surface area contributed by atoms with Crippen LogP contribution in [-0.4, -0.2) is 6.54 Å². The van der Waals surface area contributed by atoms with Gasteiger partial charge >= 0.3 is 0 Å². The van der Waals surface area contributed by atoms with Crippen LogP contribution in [0, 0.1) is 18.3 Å². The van der Waals surface area contributed by atoms with Crippen molar-refractivity contribution < 1.29 is 0 Å². The van der Waals surface area contributed by atoms with Crippen molar-refractivity contribution in [2.24, 2.45) is 11.3 Å². The third-order valence-corrected chi connectivity index (χ3v) is 5.54. The van der Waals surface area contributed by atoms with Gasteiger partial charge < -0.3 is 5.32 Å². The maximum Gasteiger partial charge on any atom is 0.0149 e. The Morgan fingerprint density at radius 3 is 2.03 bits per heavy atom. The van der Waals surface area contributed by atoms with Gasteiger partial charge in [-0.15, -0.1) is 0 Å². The molecule has 0 amide bonds. The SMILES string of the molecule is C=C(C)NCCC(C)C(=C)CCC.CC.CC(C)(C)C.Cc1ccc(C2(C)C=CCCC2)cc1. The van der Waals surface area contributed by atoms with Gasteiger partial charge in [0.1, 0.15) is 0 Å². The van der Waals surface area contributed by atoms with E-state index in [1.165, 1.54) is 42.4 Å². The van der Waals surface area contributed by atoms with Crippen LogP contribution in [0.1, 0.15) is 119 Å². The summed E-state index contributed by atoms with van der Waals surface area (Å²) in [5.41, 5.74) is 6.02. The van der Waals surface area contributed by atoms with E-state index in [4.69, 9.17) is 0 Å². The fourth-order valence-electron chi connectivity index (χ4n) is 3.46. The molecule has 34 heavy (non-hydrogen) atoms. The Hall–Kier alpha value is -1.76. The first-order valence-corrected chi connectivity index (χ1v) is 13.6. The Labute approximate surface area is 215 Å². The number of nitrogens with one attached hydrogen (secondary N) is 1. The lowest BCUT2D eigenvalue weighted by molar-refractivity contribution is 0.469. The fraction of sp³-hybridized carbons (Fsp3) is 0.636. The van der Waals surface area contributed by atoms with E-state index in [1.807, 2.05) is 20.8 Å². The van der Waals surface area contributed by atoms with Crippen LogP contribution in [0.5, 0.6) is 0 Å². The van der Waals surface area contributed by atoms with Gasteiger partial charge in [0.15, 0.2) is 0 Å². The molecule has 1 aromatic rings. The summed E-state index contributed by atoms with van der Waals surface area (Å²) in [5.74, 6) is 0.631. The smallest absolute Gasteiger partial charge is 0.0149 e. The number of hydrogen-bond donors (Lipinski definition) is 1. The van der Waals surface area contributed by atoms with Gasteiger partial charge in [-0.2, -0.15) is 0 Å². The summed E-state index contributed by atoms with van der Waals surface area (Å²) in [6.07, 6.45) is 12.1. The molecule has 0 heterocycles. The average molecular weight is 470 g/mol. The molecule has 0 fully saturated rings. The molecular formula is C33H59N. The monoisotopic (exact) mass is 469 g/mol. The van der Waals surface area contributed by atoms with Crippen LogP contribution in [0.2, 0.25) is 0 Å². The molecule has 1 aromatic carbocycles. The van der Waals surface area contributed by atoms with Crippen LogP contribution in [-0.2, 0) is 5.41 Å². The molecule has 0 aliphatic heterocycles. The van der Waals surface area contributed by atoms with E-state index in [1.54, 1.807) is 0 Å². The second kappa shape index (κ2) is 18.6. The molecule has 1 aliphatic rings. The largest absolute Gasteiger partial charge is 0.389 e. The molecule has 1 heteroatoms. The lowest BCUT2D eigenvalue weighted by atomic mass is 9.75. The van der Waals surface area contributed by atoms with Crippen LogP contribution in [0.25, 0.3) is 0 Å². The van der Waals surface area contributed by atoms with Crippen molar-refractivity contribution in [2.75, 3.05) is 6.54 Å². The predicted molar refractivity (Wildman–Crippen MR) is 159 cm³/mol. The third-order valence-electron chi connectivity index (χ3n) is 5.54. The van der Waals surface area contributed by atoms with Crippen molar-refractivity contribution in [3.63, 3.8) is 0 Å². The van der Waals surface area contributed by atoms with E-state index in [2.05, 4.69) is 110 Å². The Morgan fingerprint density at radius 2 is 1.62 bits per heavy atom. The highest BCUT2D eigenvalue weighted by atomic mass is 14.9. The molecule has 0 radical (unpaired) electrons. The van der Waals surface area contributed by atoms with E-state index in [-0.39, 0.29) is 5.41 Å². The van der Waals surface area contributed by atoms with E-state index < -0.39 is 0 Å². The number of rotatable bonds is 8. The number of aryl methyl sites for hydroxylation is 1. The van der Waals surface area contributed by atoms with Crippen LogP contribution >= 0.6 is 0 Å². The Bertz CT molecular complexity index is 680. The lowest BCUT2D eigenvalue weighted by Gasteiger charge is -2.29. The molecule has 196 valence electrons. The van der Waals surface area contributed by atoms with E-state index in [0.29, 0.717) is 11.3 Å². The Balaban J connectivity index is 0. The van der Waals surface area contributed by atoms with E-state index >= 15 is 0 Å². The van der Waals surface area contributed by atoms with Gasteiger partial charge in [-0.3, -0.25) is 0 Å². The molecular weight excluding hydrogens is 410 g/mol. The summed E-state index contributed by atoms with van der Waals surface area (Å²) >= 11 is 0. The van der Waals surface area contributed by atoms with Crippen LogP contribution in [0.15, 0.2) is 60.8 Å². The maximum absolute atomic E-state index is 4.09. The van der Waals surface area contributed by atoms with Gasteiger partial charge in [0.05, 0.1) is 0 Å². The summed E-state index contributed by atoms with van der Waals surface area (Å²) in [6.45, 7) is 32.6. The van der Waals surface area contributed by atoms with Crippen molar-refractivity contribution >= 4 is 0 Å². The highest BCUT2D eigenvalue weighted by Crippen LogP contribution is 2.34. The Kier molecular flexibility index (Phi) is 18.8. The zero-order valence-corrected chi connectivity index (χ0v) is 24.9. The summed E-state index contributed by atoms with van der Waals surface area (Å²) in [4.78, 5) is 0. The molecule has 0 spiro atoms. The summed E-state index contributed by atoms with van der Waals surface area (Å²) in [5, 5.41) is 3.24. The molecule has 2 unspecified atom stereocenters. The zero-order valence-electron chi connectivity index (χ0n) is 24.9. The fourth-order valence-corrected chi connectivity index (χ4v) is 3.46. The minimum absolute atomic E-state index is 0.284. The normalized spacial score (nSPS) is 17.5. The summed E-state index contributed by atoms with van der Waals surface area (Å²) < 4.78 is 0. The highest BCUT2D eigenvalue weighted by Gasteiger charge is 2.24. The van der Waals surface area contributed by atoms with Gasteiger partial charge in [-0.05, 0) is 62.8 Å². The van der Waals surface area contributed by atoms with Crippen molar-refractivity contribution in [2.45, 2.75) is 120 Å². The standard InChI is InChI=1S/C14H18.C12H23N.C5H12.C2H6/c1-12-6-8-13(9-7-12)14(2)10-4-3-5-11-14;1-6-7-11(4)12(5)8-9-13-10(2)3;1-5(2,3)4;1-2/h4,6-10H,3,5,11H2,1-2H3;12-13H,2,4,6-9H2,1,3,5H3;1-4H3;1-2H3. The summed E-state index contributed by atoms with van der Waals surface area (Å²) in [7, 11) is 0. The van der Waals surface area contributed by atoms with Gasteiger partial charge in [-0.25, -0.2) is 0 Å². The molecule has 0 aromatic heterocycles. The first-order chi connectivity index (χ1) is 15.8. The minimum atomic E-state index is 0.284. The lowest BCUT2D eigenvalue weighted by Crippen LogP contribution is -2.20. The molecule has 0 bridgehead atoms. The predicted octanol–water partition coefficient (Wildman–Crippen LogP) is 10.6. The molecule has 1 aliphatic carbocycles. The average Bonchev–Trinajstić information content (AvgIpc) is 2.75. The molecule has 2 atom stereocenters. The third kappa shape index (κ3) is 18.6. The quantitative estimate of drug-likeness (QED) is 0.373. The van der Waals surface area contributed by atoms with E-state index in [9.17, 15) is 0 Å². The van der Waals surface area contributed by atoms with Crippen molar-refractivity contribution in [3.8, 4) is 0 Å². The molecule has 0 saturated carbocycles. The van der Waals surface area contributed by atoms with Crippen LogP contribution < -0.4 is 5.32 Å². The van der Waals surface area contributed by atoms with Crippen molar-refractivity contribution in [1.29, 1.82) is 0 Å². The van der Waals surface area contributed by atoms with Crippen LogP contribution in [0.3, 0.4) is 0 Å². The summed E-state index contributed by atoms with van der Waals surface area (Å²) in [6, 6.07) is 8.96. The zero-order chi connectivity index (χ0) is 26.8. The van der Waals surface area contributed by atoms with Gasteiger partial charge in [0.25, 0.3) is 0 Å². The molecule has 1 N–H and O–H groups in total. The van der Waals surface area contributed by atoms with Gasteiger partial charge in [0.2, 0.25) is 0 Å². The number of allylic oxidation sites excluding steroid dienone is 4. The highest BCUT2D eigenvalue weighted by molar-refractivity contribution is 5.33. The second-order valence-electron chi connectivity index (χ2n) is 11.4. The second-order valence-corrected chi connectivity index (χ2v) is 11.4. The minimum Gasteiger partial charge on any atom is -0.389 e. The van der Waals surface area contributed by atoms with Gasteiger partial charge in [0, 0.05) is 17.7 Å². The van der Waals surface area contributed by atoms with Crippen LogP contribution in [0.4, 0.5) is 0 Å². The Morgan fingerprint density at radius 1 is 1.09 bits per heavy atom. The molecule has 0 saturated heterocycles. The van der Waals surface area contributed by atoms with Crippen molar-refractivity contribution in [3.05, 3.63) is 72.0 Å². The first kappa shape index (κ1) is 34.4. The maximum atomic E-state index is 4.09. The number of hydrogen-bond acceptors (Lipinski definition) is 1. The first-order valence-electron chi connectivity index (χ1n) is 13.6. The van der Waals surface area contributed by atoms with Gasteiger partial charge in [-0.1, -0.05) is 129 Å². The van der Waals surface area contributed by atoms with Crippen molar-refractivity contribution in [1.82, 2.24) is 5.32 Å². The number of benzene rings is 1. The topological polar surface area (TPSA) is 12.0 Å². The molecule has 2 rings (SSSR count). The molecule has 1 nitrogen and oxygen atoms in total.